The highest BCUT2D eigenvalue weighted by Gasteiger charge is 2.29. The number of ether oxygens (including phenoxy) is 2. The summed E-state index contributed by atoms with van der Waals surface area (Å²) in [7, 11) is 0. The molecule has 0 aliphatic carbocycles. The predicted octanol–water partition coefficient (Wildman–Crippen LogP) is 4.54. The Balaban J connectivity index is 1.74. The number of phenols is 1. The number of alkyl carbamates (subject to hydrolysis) is 1. The number of nitrogens with zero attached hydrogens (tertiary/aromatic N) is 2. The van der Waals surface area contributed by atoms with Crippen molar-refractivity contribution in [3.8, 4) is 5.75 Å². The van der Waals surface area contributed by atoms with Crippen LogP contribution in [0.15, 0.2) is 47.0 Å². The topological polar surface area (TPSA) is 179 Å². The van der Waals surface area contributed by atoms with E-state index >= 15 is 0 Å². The van der Waals surface area contributed by atoms with Crippen LogP contribution in [0.4, 0.5) is 9.59 Å². The van der Waals surface area contributed by atoms with Gasteiger partial charge in [-0.3, -0.25) is 4.79 Å². The van der Waals surface area contributed by atoms with Crippen LogP contribution >= 0.6 is 0 Å². The number of unbranched alkanes of at least 4 members (excludes halogenated alkanes) is 1. The first-order valence-corrected chi connectivity index (χ1v) is 14.2. The summed E-state index contributed by atoms with van der Waals surface area (Å²) in [5.74, 6) is 0.159. The van der Waals surface area contributed by atoms with Gasteiger partial charge in [0.25, 0.3) is 5.91 Å². The summed E-state index contributed by atoms with van der Waals surface area (Å²) in [4.78, 5) is 41.7. The van der Waals surface area contributed by atoms with Crippen LogP contribution in [0, 0.1) is 13.8 Å². The molecule has 2 atom stereocenters. The fraction of sp³-hybridized carbons (Fsp3) is 0.452. The van der Waals surface area contributed by atoms with Crippen molar-refractivity contribution in [3.63, 3.8) is 0 Å². The number of carbonyl (C=O) groups excluding carboxylic acids is 3. The molecule has 1 unspecified atom stereocenters. The number of nitrogens with two attached hydrogens (primary N) is 1. The molecule has 3 amide bonds. The lowest BCUT2D eigenvalue weighted by atomic mass is 9.96. The van der Waals surface area contributed by atoms with Gasteiger partial charge in [-0.1, -0.05) is 35.5 Å². The van der Waals surface area contributed by atoms with Gasteiger partial charge >= 0.3 is 12.2 Å². The Morgan fingerprint density at radius 1 is 1.07 bits per heavy atom. The summed E-state index contributed by atoms with van der Waals surface area (Å²) in [6, 6.07) is 12.1. The maximum atomic E-state index is 13.5. The second kappa shape index (κ2) is 15.0. The Morgan fingerprint density at radius 3 is 2.37 bits per heavy atom. The highest BCUT2D eigenvalue weighted by Crippen LogP contribution is 2.24. The van der Waals surface area contributed by atoms with Gasteiger partial charge in [0.05, 0.1) is 0 Å². The quantitative estimate of drug-likeness (QED) is 0.206. The molecule has 0 saturated carbocycles. The van der Waals surface area contributed by atoms with Crippen LogP contribution in [0.3, 0.4) is 0 Å². The van der Waals surface area contributed by atoms with Crippen LogP contribution in [0.2, 0.25) is 0 Å². The Bertz CT molecular complexity index is 1360. The number of primary amides is 1. The van der Waals surface area contributed by atoms with Gasteiger partial charge in [0, 0.05) is 19.4 Å². The summed E-state index contributed by atoms with van der Waals surface area (Å²) in [5, 5.41) is 19.6. The second-order valence-electron chi connectivity index (χ2n) is 11.4. The molecule has 12 heteroatoms. The fourth-order valence-electron chi connectivity index (χ4n) is 4.57. The summed E-state index contributed by atoms with van der Waals surface area (Å²) in [5.41, 5.74) is 7.92. The van der Waals surface area contributed by atoms with Crippen molar-refractivity contribution in [2.24, 2.45) is 5.73 Å². The van der Waals surface area contributed by atoms with Gasteiger partial charge < -0.3 is 35.5 Å². The van der Waals surface area contributed by atoms with E-state index in [1.54, 1.807) is 46.8 Å². The molecule has 3 aromatic rings. The minimum absolute atomic E-state index is 0.0440. The Morgan fingerprint density at radius 2 is 1.74 bits per heavy atom. The number of carbonyl (C=O) groups is 3. The molecule has 0 bridgehead atoms. The lowest BCUT2D eigenvalue weighted by molar-refractivity contribution is -0.130. The van der Waals surface area contributed by atoms with E-state index < -0.39 is 35.8 Å². The van der Waals surface area contributed by atoms with Crippen LogP contribution in [0.5, 0.6) is 5.75 Å². The van der Waals surface area contributed by atoms with Gasteiger partial charge in [-0.15, -0.1) is 0 Å². The number of amides is 3. The molecule has 43 heavy (non-hydrogen) atoms. The Kier molecular flexibility index (Phi) is 11.5. The van der Waals surface area contributed by atoms with Gasteiger partial charge in [-0.05, 0) is 88.3 Å². The molecule has 0 fully saturated rings. The van der Waals surface area contributed by atoms with Crippen LogP contribution in [-0.4, -0.2) is 51.6 Å². The molecule has 232 valence electrons. The molecule has 3 rings (SSSR count). The maximum absolute atomic E-state index is 13.5. The zero-order valence-electron chi connectivity index (χ0n) is 25.3. The van der Waals surface area contributed by atoms with Gasteiger partial charge in [-0.2, -0.15) is 4.98 Å². The zero-order valence-corrected chi connectivity index (χ0v) is 25.3. The molecule has 12 nitrogen and oxygen atoms in total. The number of hydrogen-bond donors (Lipinski definition) is 4. The monoisotopic (exact) mass is 595 g/mol. The van der Waals surface area contributed by atoms with Gasteiger partial charge in [0.2, 0.25) is 5.89 Å². The molecule has 2 aromatic carbocycles. The number of aryl methyl sites for hydroxylation is 2. The normalized spacial score (nSPS) is 12.7. The summed E-state index contributed by atoms with van der Waals surface area (Å²) < 4.78 is 16.0. The van der Waals surface area contributed by atoms with Crippen LogP contribution < -0.4 is 16.4 Å². The number of hydrogen-bond acceptors (Lipinski definition) is 9. The Labute approximate surface area is 251 Å². The number of aromatic hydroxyl groups is 1. The molecule has 0 spiro atoms. The van der Waals surface area contributed by atoms with Crippen molar-refractivity contribution in [2.45, 2.75) is 84.5 Å². The van der Waals surface area contributed by atoms with E-state index in [2.05, 4.69) is 20.8 Å². The fourth-order valence-corrected chi connectivity index (χ4v) is 4.57. The first kappa shape index (κ1) is 32.9. The molecule has 0 aliphatic rings. The lowest BCUT2D eigenvalue weighted by Crippen LogP contribution is -2.42. The van der Waals surface area contributed by atoms with E-state index in [1.165, 1.54) is 0 Å². The van der Waals surface area contributed by atoms with E-state index in [0.717, 1.165) is 22.3 Å². The van der Waals surface area contributed by atoms with E-state index in [4.69, 9.17) is 19.7 Å². The smallest absolute Gasteiger partial charge is 0.407 e. The van der Waals surface area contributed by atoms with Crippen molar-refractivity contribution in [2.75, 3.05) is 6.54 Å². The molecular formula is C31H41N5O7. The second-order valence-corrected chi connectivity index (χ2v) is 11.4. The van der Waals surface area contributed by atoms with E-state index in [0.29, 0.717) is 38.1 Å². The largest absolute Gasteiger partial charge is 0.508 e. The van der Waals surface area contributed by atoms with Crippen molar-refractivity contribution < 1.29 is 33.5 Å². The first-order chi connectivity index (χ1) is 20.3. The molecule has 1 aromatic heterocycles. The van der Waals surface area contributed by atoms with Crippen LogP contribution in [0.1, 0.15) is 80.0 Å². The van der Waals surface area contributed by atoms with Crippen molar-refractivity contribution in [1.82, 2.24) is 20.8 Å². The van der Waals surface area contributed by atoms with E-state index in [9.17, 15) is 19.5 Å². The standard InChI is InChI=1S/C31H41N5O7/c1-19-15-22(37)16-20(2)23(19)18-25(41-29(32)39)27(38)34-24(13-9-10-14-33-30(40)42-31(3,4)5)28-35-26(36-43-28)17-21-11-7-6-8-12-21/h6-8,11-12,15-16,24-25,37H,9-10,13-14,17-18H2,1-5H3,(H2,32,39)(H,33,40)(H,34,38)/t24-,25?/m0/s1. The van der Waals surface area contributed by atoms with Crippen molar-refractivity contribution in [1.29, 1.82) is 0 Å². The number of aromatic nitrogens is 2. The predicted molar refractivity (Wildman–Crippen MR) is 158 cm³/mol. The third kappa shape index (κ3) is 11.0. The minimum Gasteiger partial charge on any atom is -0.508 e. The lowest BCUT2D eigenvalue weighted by Gasteiger charge is -2.22. The summed E-state index contributed by atoms with van der Waals surface area (Å²) in [6.07, 6.45) is -0.802. The third-order valence-electron chi connectivity index (χ3n) is 6.51. The maximum Gasteiger partial charge on any atom is 0.407 e. The SMILES string of the molecule is Cc1cc(O)cc(C)c1CC(OC(N)=O)C(=O)N[C@@H](CCCCNC(=O)OC(C)(C)C)c1nc(Cc2ccccc2)no1. The number of phenolic OH excluding ortho intramolecular Hbond substituents is 1. The number of benzene rings is 2. The number of rotatable bonds is 13. The molecule has 1 heterocycles. The van der Waals surface area contributed by atoms with E-state index in [-0.39, 0.29) is 18.1 Å². The molecule has 5 N–H and O–H groups in total. The molecule has 0 radical (unpaired) electrons. The highest BCUT2D eigenvalue weighted by atomic mass is 16.6. The Hall–Kier alpha value is -4.61. The number of nitrogens with one attached hydrogen (secondary N) is 2. The molecule has 0 aliphatic heterocycles. The average molecular weight is 596 g/mol. The van der Waals surface area contributed by atoms with Crippen LogP contribution in [0.25, 0.3) is 0 Å². The van der Waals surface area contributed by atoms with Gasteiger partial charge in [-0.25, -0.2) is 9.59 Å². The molecular weight excluding hydrogens is 554 g/mol. The van der Waals surface area contributed by atoms with Crippen LogP contribution in [-0.2, 0) is 27.1 Å². The third-order valence-corrected chi connectivity index (χ3v) is 6.51. The zero-order chi connectivity index (χ0) is 31.6. The van der Waals surface area contributed by atoms with Crippen molar-refractivity contribution in [3.05, 3.63) is 76.4 Å². The minimum atomic E-state index is -1.25. The van der Waals surface area contributed by atoms with Gasteiger partial charge in [0.15, 0.2) is 11.9 Å². The summed E-state index contributed by atoms with van der Waals surface area (Å²) in [6.45, 7) is 9.32. The molecule has 0 saturated heterocycles. The van der Waals surface area contributed by atoms with Gasteiger partial charge in [0.1, 0.15) is 17.4 Å². The first-order valence-electron chi connectivity index (χ1n) is 14.2. The summed E-state index contributed by atoms with van der Waals surface area (Å²) >= 11 is 0. The average Bonchev–Trinajstić information content (AvgIpc) is 3.36. The highest BCUT2D eigenvalue weighted by molar-refractivity contribution is 5.84. The van der Waals surface area contributed by atoms with Crippen molar-refractivity contribution >= 4 is 18.1 Å². The van der Waals surface area contributed by atoms with E-state index in [1.807, 2.05) is 30.3 Å².